The zero-order valence-electron chi connectivity index (χ0n) is 8.47. The highest BCUT2D eigenvalue weighted by molar-refractivity contribution is 6.10. The molecule has 0 N–H and O–H groups in total. The van der Waals surface area contributed by atoms with Gasteiger partial charge in [-0.15, -0.1) is 0 Å². The Hall–Kier alpha value is -1.38. The van der Waals surface area contributed by atoms with Gasteiger partial charge in [0.15, 0.2) is 11.5 Å². The second-order valence-corrected chi connectivity index (χ2v) is 4.48. The number of ketones is 2. The maximum absolute atomic E-state index is 12.0. The zero-order chi connectivity index (χ0) is 10.6. The molecule has 1 fully saturated rings. The summed E-state index contributed by atoms with van der Waals surface area (Å²) >= 11 is 0. The van der Waals surface area contributed by atoms with Crippen molar-refractivity contribution < 1.29 is 14.3 Å². The predicted octanol–water partition coefficient (Wildman–Crippen LogP) is 1.11. The van der Waals surface area contributed by atoms with E-state index in [4.69, 9.17) is 4.74 Å². The van der Waals surface area contributed by atoms with Crippen LogP contribution in [0.25, 0.3) is 0 Å². The summed E-state index contributed by atoms with van der Waals surface area (Å²) in [5.41, 5.74) is 0. The van der Waals surface area contributed by atoms with Gasteiger partial charge in [-0.25, -0.2) is 0 Å². The summed E-state index contributed by atoms with van der Waals surface area (Å²) < 4.78 is 4.96. The first-order valence-corrected chi connectivity index (χ1v) is 5.24. The third kappa shape index (κ3) is 1.01. The first kappa shape index (κ1) is 8.89. The second-order valence-electron chi connectivity index (χ2n) is 4.48. The quantitative estimate of drug-likeness (QED) is 0.601. The Labute approximate surface area is 87.8 Å². The fourth-order valence-corrected chi connectivity index (χ4v) is 3.19. The molecule has 15 heavy (non-hydrogen) atoms. The average molecular weight is 204 g/mol. The number of carbonyl (C=O) groups is 2. The van der Waals surface area contributed by atoms with Gasteiger partial charge in [0.25, 0.3) is 0 Å². The first-order valence-electron chi connectivity index (χ1n) is 5.24. The van der Waals surface area contributed by atoms with Crippen molar-refractivity contribution in [1.82, 2.24) is 0 Å². The lowest BCUT2D eigenvalue weighted by Gasteiger charge is -2.28. The molecular weight excluding hydrogens is 192 g/mol. The topological polar surface area (TPSA) is 43.4 Å². The lowest BCUT2D eigenvalue weighted by Crippen LogP contribution is -2.37. The highest BCUT2D eigenvalue weighted by Gasteiger charge is 2.53. The minimum atomic E-state index is -0.146. The van der Waals surface area contributed by atoms with Gasteiger partial charge in [0.05, 0.1) is 7.11 Å². The molecule has 2 bridgehead atoms. The molecule has 0 radical (unpaired) electrons. The molecule has 78 valence electrons. The van der Waals surface area contributed by atoms with Gasteiger partial charge in [-0.05, 0) is 18.3 Å². The van der Waals surface area contributed by atoms with E-state index in [1.165, 1.54) is 13.2 Å². The SMILES string of the molecule is COC1=CC(=O)[C@@H]2[C@H](C1=O)[C@@H]1C=C[C@H]2C1. The van der Waals surface area contributed by atoms with Gasteiger partial charge < -0.3 is 4.74 Å². The Morgan fingerprint density at radius 2 is 1.87 bits per heavy atom. The fraction of sp³-hybridized carbons (Fsp3) is 0.500. The first-order chi connectivity index (χ1) is 7.22. The second kappa shape index (κ2) is 2.81. The van der Waals surface area contributed by atoms with E-state index in [9.17, 15) is 9.59 Å². The summed E-state index contributed by atoms with van der Waals surface area (Å²) in [6.07, 6.45) is 6.49. The Morgan fingerprint density at radius 3 is 2.53 bits per heavy atom. The number of hydrogen-bond donors (Lipinski definition) is 0. The Bertz CT molecular complexity index is 405. The lowest BCUT2D eigenvalue weighted by atomic mass is 9.74. The normalized spacial score (nSPS) is 41.8. The molecule has 0 heterocycles. The van der Waals surface area contributed by atoms with E-state index < -0.39 is 0 Å². The standard InChI is InChI=1S/C12H12O3/c1-15-9-5-8(13)10-6-2-3-7(4-6)11(10)12(9)14/h2-3,5-7,10-11H,4H2,1H3/t6-,7+,10+,11+/m0/s1. The van der Waals surface area contributed by atoms with Crippen LogP contribution in [-0.2, 0) is 14.3 Å². The molecule has 0 spiro atoms. The Morgan fingerprint density at radius 1 is 1.20 bits per heavy atom. The lowest BCUT2D eigenvalue weighted by molar-refractivity contribution is -0.132. The van der Waals surface area contributed by atoms with Crippen LogP contribution in [0.15, 0.2) is 24.0 Å². The van der Waals surface area contributed by atoms with E-state index in [1.54, 1.807) is 0 Å². The number of rotatable bonds is 1. The highest BCUT2D eigenvalue weighted by Crippen LogP contribution is 2.51. The maximum Gasteiger partial charge on any atom is 0.201 e. The van der Waals surface area contributed by atoms with Crippen molar-refractivity contribution in [2.45, 2.75) is 6.42 Å². The number of allylic oxidation sites excluding steroid dienone is 4. The van der Waals surface area contributed by atoms with Gasteiger partial charge in [-0.2, -0.15) is 0 Å². The van der Waals surface area contributed by atoms with Crippen LogP contribution in [0.1, 0.15) is 6.42 Å². The highest BCUT2D eigenvalue weighted by atomic mass is 16.5. The third-order valence-corrected chi connectivity index (χ3v) is 3.83. The van der Waals surface area contributed by atoms with Crippen LogP contribution in [0, 0.1) is 23.7 Å². The molecule has 3 aliphatic carbocycles. The van der Waals surface area contributed by atoms with Crippen molar-refractivity contribution in [2.75, 3.05) is 7.11 Å². The Balaban J connectivity index is 2.05. The smallest absolute Gasteiger partial charge is 0.201 e. The third-order valence-electron chi connectivity index (χ3n) is 3.83. The molecule has 4 atom stereocenters. The number of carbonyl (C=O) groups excluding carboxylic acids is 2. The summed E-state index contributed by atoms with van der Waals surface area (Å²) in [4.78, 5) is 23.8. The predicted molar refractivity (Wildman–Crippen MR) is 52.8 cm³/mol. The van der Waals surface area contributed by atoms with Gasteiger partial charge in [-0.1, -0.05) is 12.2 Å². The molecule has 0 aromatic heterocycles. The molecule has 3 nitrogen and oxygen atoms in total. The minimum absolute atomic E-state index is 0.0129. The van der Waals surface area contributed by atoms with Crippen LogP contribution in [-0.4, -0.2) is 18.7 Å². The van der Waals surface area contributed by atoms with Gasteiger partial charge in [0.1, 0.15) is 0 Å². The van der Waals surface area contributed by atoms with E-state index >= 15 is 0 Å². The van der Waals surface area contributed by atoms with Crippen LogP contribution in [0.5, 0.6) is 0 Å². The molecule has 1 saturated carbocycles. The molecule has 0 aromatic carbocycles. The van der Waals surface area contributed by atoms with Gasteiger partial charge in [0.2, 0.25) is 5.78 Å². The molecule has 3 rings (SSSR count). The summed E-state index contributed by atoms with van der Waals surface area (Å²) in [6.45, 7) is 0. The average Bonchev–Trinajstić information content (AvgIpc) is 2.83. The van der Waals surface area contributed by atoms with Crippen molar-refractivity contribution in [2.24, 2.45) is 23.7 Å². The summed E-state index contributed by atoms with van der Waals surface area (Å²) in [5.74, 6) is 0.606. The van der Waals surface area contributed by atoms with Gasteiger partial charge in [-0.3, -0.25) is 9.59 Å². The largest absolute Gasteiger partial charge is 0.493 e. The number of methoxy groups -OCH3 is 1. The van der Waals surface area contributed by atoms with E-state index in [2.05, 4.69) is 12.2 Å². The van der Waals surface area contributed by atoms with Crippen LogP contribution in [0.3, 0.4) is 0 Å². The summed E-state index contributed by atoms with van der Waals surface area (Å²) in [5, 5.41) is 0. The fourth-order valence-electron chi connectivity index (χ4n) is 3.19. The van der Waals surface area contributed by atoms with Crippen molar-refractivity contribution in [3.05, 3.63) is 24.0 Å². The van der Waals surface area contributed by atoms with Crippen LogP contribution in [0.2, 0.25) is 0 Å². The number of fused-ring (bicyclic) bond motifs is 5. The molecule has 0 aromatic rings. The monoisotopic (exact) mass is 204 g/mol. The summed E-state index contributed by atoms with van der Waals surface area (Å²) in [6, 6.07) is 0. The van der Waals surface area contributed by atoms with E-state index in [1.807, 2.05) is 0 Å². The molecule has 0 aliphatic heterocycles. The molecule has 0 amide bonds. The van der Waals surface area contributed by atoms with Crippen molar-refractivity contribution >= 4 is 11.6 Å². The molecule has 3 heteroatoms. The maximum atomic E-state index is 12.0. The number of hydrogen-bond acceptors (Lipinski definition) is 3. The van der Waals surface area contributed by atoms with Crippen LogP contribution < -0.4 is 0 Å². The van der Waals surface area contributed by atoms with Crippen molar-refractivity contribution in [1.29, 1.82) is 0 Å². The Kier molecular flexibility index (Phi) is 1.67. The van der Waals surface area contributed by atoms with E-state index in [0.29, 0.717) is 0 Å². The molecule has 3 aliphatic rings. The van der Waals surface area contributed by atoms with Crippen molar-refractivity contribution in [3.63, 3.8) is 0 Å². The molecule has 0 saturated heterocycles. The van der Waals surface area contributed by atoms with Gasteiger partial charge >= 0.3 is 0 Å². The van der Waals surface area contributed by atoms with E-state index in [0.717, 1.165) is 6.42 Å². The molecule has 0 unspecified atom stereocenters. The van der Waals surface area contributed by atoms with Crippen LogP contribution >= 0.6 is 0 Å². The van der Waals surface area contributed by atoms with E-state index in [-0.39, 0.29) is 41.0 Å². The minimum Gasteiger partial charge on any atom is -0.493 e. The number of Topliss-reactive ketones (excluding diaryl/α,β-unsaturated/α-hetero) is 1. The number of ether oxygens (including phenoxy) is 1. The van der Waals surface area contributed by atoms with Crippen LogP contribution in [0.4, 0.5) is 0 Å². The summed E-state index contributed by atoms with van der Waals surface area (Å²) in [7, 11) is 1.44. The zero-order valence-corrected chi connectivity index (χ0v) is 8.47. The molecular formula is C12H12O3. The van der Waals surface area contributed by atoms with Gasteiger partial charge in [0, 0.05) is 17.9 Å². The van der Waals surface area contributed by atoms with Crippen molar-refractivity contribution in [3.8, 4) is 0 Å².